The minimum atomic E-state index is -0.209. The first-order valence-electron chi connectivity index (χ1n) is 8.96. The van der Waals surface area contributed by atoms with E-state index in [1.165, 1.54) is 0 Å². The quantitative estimate of drug-likeness (QED) is 0.894. The van der Waals surface area contributed by atoms with Crippen LogP contribution in [0.4, 0.5) is 11.4 Å². The van der Waals surface area contributed by atoms with E-state index in [9.17, 15) is 9.59 Å². The van der Waals surface area contributed by atoms with Gasteiger partial charge in [0.2, 0.25) is 5.91 Å². The molecular weight excluding hydrogens is 328 g/mol. The summed E-state index contributed by atoms with van der Waals surface area (Å²) in [5, 5.41) is 2.86. The van der Waals surface area contributed by atoms with Crippen molar-refractivity contribution >= 4 is 23.2 Å². The van der Waals surface area contributed by atoms with Gasteiger partial charge >= 0.3 is 0 Å². The molecule has 1 aliphatic rings. The first kappa shape index (κ1) is 18.0. The van der Waals surface area contributed by atoms with Crippen LogP contribution in [0.5, 0.6) is 5.75 Å². The number of ether oxygens (including phenoxy) is 1. The van der Waals surface area contributed by atoms with Crippen LogP contribution in [0.25, 0.3) is 0 Å². The molecule has 136 valence electrons. The molecule has 5 nitrogen and oxygen atoms in total. The zero-order chi connectivity index (χ0) is 18.5. The number of hydrogen-bond donors (Lipinski definition) is 1. The van der Waals surface area contributed by atoms with Crippen LogP contribution in [-0.2, 0) is 16.0 Å². The van der Waals surface area contributed by atoms with Gasteiger partial charge in [-0.05, 0) is 48.7 Å². The van der Waals surface area contributed by atoms with Crippen LogP contribution in [-0.4, -0.2) is 25.0 Å². The van der Waals surface area contributed by atoms with Crippen LogP contribution < -0.4 is 15.0 Å². The number of carbonyl (C=O) groups is 2. The van der Waals surface area contributed by atoms with Crippen molar-refractivity contribution in [2.24, 2.45) is 5.92 Å². The molecule has 3 rings (SSSR count). The van der Waals surface area contributed by atoms with Gasteiger partial charge in [-0.3, -0.25) is 9.59 Å². The minimum Gasteiger partial charge on any atom is -0.484 e. The van der Waals surface area contributed by atoms with Crippen LogP contribution in [0, 0.1) is 5.92 Å². The standard InChI is InChI=1S/C21H24N2O3/c1-15(2)21(25)23-12-6-7-16-13-17(10-11-19(16)23)22-20(24)14-26-18-8-4-3-5-9-18/h3-5,8-11,13,15H,6-7,12,14H2,1-2H3,(H,22,24). The highest BCUT2D eigenvalue weighted by molar-refractivity contribution is 5.97. The molecule has 0 fully saturated rings. The van der Waals surface area contributed by atoms with E-state index in [0.29, 0.717) is 5.75 Å². The molecule has 0 bridgehead atoms. The molecule has 0 aromatic heterocycles. The van der Waals surface area contributed by atoms with Gasteiger partial charge in [-0.2, -0.15) is 0 Å². The monoisotopic (exact) mass is 352 g/mol. The van der Waals surface area contributed by atoms with Crippen molar-refractivity contribution in [2.75, 3.05) is 23.4 Å². The van der Waals surface area contributed by atoms with Gasteiger partial charge in [-0.15, -0.1) is 0 Å². The fourth-order valence-corrected chi connectivity index (χ4v) is 3.08. The Morgan fingerprint density at radius 1 is 1.15 bits per heavy atom. The van der Waals surface area contributed by atoms with Crippen molar-refractivity contribution in [1.29, 1.82) is 0 Å². The molecule has 0 radical (unpaired) electrons. The maximum Gasteiger partial charge on any atom is 0.262 e. The molecule has 0 aliphatic carbocycles. The number of benzene rings is 2. The highest BCUT2D eigenvalue weighted by Gasteiger charge is 2.24. The number of carbonyl (C=O) groups excluding carboxylic acids is 2. The molecule has 0 saturated carbocycles. The third kappa shape index (κ3) is 4.23. The van der Waals surface area contributed by atoms with Crippen molar-refractivity contribution in [3.63, 3.8) is 0 Å². The SMILES string of the molecule is CC(C)C(=O)N1CCCc2cc(NC(=O)COc3ccccc3)ccc21. The lowest BCUT2D eigenvalue weighted by Gasteiger charge is -2.31. The molecule has 26 heavy (non-hydrogen) atoms. The van der Waals surface area contributed by atoms with Crippen molar-refractivity contribution in [2.45, 2.75) is 26.7 Å². The zero-order valence-electron chi connectivity index (χ0n) is 15.2. The van der Waals surface area contributed by atoms with E-state index in [-0.39, 0.29) is 24.3 Å². The van der Waals surface area contributed by atoms with Crippen LogP contribution >= 0.6 is 0 Å². The lowest BCUT2D eigenvalue weighted by molar-refractivity contribution is -0.121. The molecule has 1 heterocycles. The number of aryl methyl sites for hydroxylation is 1. The summed E-state index contributed by atoms with van der Waals surface area (Å²) in [6.07, 6.45) is 1.83. The van der Waals surface area contributed by atoms with Crippen LogP contribution in [0.1, 0.15) is 25.8 Å². The summed E-state index contributed by atoms with van der Waals surface area (Å²) >= 11 is 0. The summed E-state index contributed by atoms with van der Waals surface area (Å²) in [5.41, 5.74) is 2.77. The second-order valence-electron chi connectivity index (χ2n) is 6.74. The molecule has 0 unspecified atom stereocenters. The number of anilines is 2. The van der Waals surface area contributed by atoms with Gasteiger partial charge in [0.15, 0.2) is 6.61 Å². The number of hydrogen-bond acceptors (Lipinski definition) is 3. The molecule has 0 atom stereocenters. The van der Waals surface area contributed by atoms with Crippen molar-refractivity contribution < 1.29 is 14.3 Å². The van der Waals surface area contributed by atoms with Crippen molar-refractivity contribution in [3.05, 3.63) is 54.1 Å². The second kappa shape index (κ2) is 8.04. The number of nitrogens with zero attached hydrogens (tertiary/aromatic N) is 1. The molecule has 1 N–H and O–H groups in total. The summed E-state index contributed by atoms with van der Waals surface area (Å²) < 4.78 is 5.46. The number of fused-ring (bicyclic) bond motifs is 1. The normalized spacial score (nSPS) is 13.3. The number of para-hydroxylation sites is 1. The third-order valence-electron chi connectivity index (χ3n) is 4.35. The largest absolute Gasteiger partial charge is 0.484 e. The Kier molecular flexibility index (Phi) is 5.56. The maximum atomic E-state index is 12.4. The smallest absolute Gasteiger partial charge is 0.262 e. The summed E-state index contributed by atoms with van der Waals surface area (Å²) in [6.45, 7) is 4.54. The Hall–Kier alpha value is -2.82. The van der Waals surface area contributed by atoms with E-state index in [2.05, 4.69) is 5.32 Å². The van der Waals surface area contributed by atoms with Gasteiger partial charge in [-0.1, -0.05) is 32.0 Å². The second-order valence-corrected chi connectivity index (χ2v) is 6.74. The molecule has 0 spiro atoms. The predicted octanol–water partition coefficient (Wildman–Crippen LogP) is 3.64. The van der Waals surface area contributed by atoms with Crippen molar-refractivity contribution in [3.8, 4) is 5.75 Å². The van der Waals surface area contributed by atoms with E-state index in [1.54, 1.807) is 0 Å². The lowest BCUT2D eigenvalue weighted by atomic mass is 9.99. The first-order valence-corrected chi connectivity index (χ1v) is 8.96. The highest BCUT2D eigenvalue weighted by Crippen LogP contribution is 2.30. The molecule has 2 aromatic carbocycles. The van der Waals surface area contributed by atoms with Gasteiger partial charge in [-0.25, -0.2) is 0 Å². The van der Waals surface area contributed by atoms with Gasteiger partial charge in [0, 0.05) is 23.8 Å². The van der Waals surface area contributed by atoms with Gasteiger partial charge in [0.25, 0.3) is 5.91 Å². The Morgan fingerprint density at radius 3 is 2.65 bits per heavy atom. The minimum absolute atomic E-state index is 0.0320. The Balaban J connectivity index is 1.65. The first-order chi connectivity index (χ1) is 12.5. The number of nitrogens with one attached hydrogen (secondary N) is 1. The number of amides is 2. The third-order valence-corrected chi connectivity index (χ3v) is 4.35. The zero-order valence-corrected chi connectivity index (χ0v) is 15.2. The van der Waals surface area contributed by atoms with Gasteiger partial charge in [0.05, 0.1) is 0 Å². The fourth-order valence-electron chi connectivity index (χ4n) is 3.08. The summed E-state index contributed by atoms with van der Waals surface area (Å²) in [7, 11) is 0. The van der Waals surface area contributed by atoms with E-state index in [0.717, 1.165) is 36.3 Å². The average Bonchev–Trinajstić information content (AvgIpc) is 2.66. The highest BCUT2D eigenvalue weighted by atomic mass is 16.5. The molecule has 5 heteroatoms. The lowest BCUT2D eigenvalue weighted by Crippen LogP contribution is -2.38. The van der Waals surface area contributed by atoms with E-state index < -0.39 is 0 Å². The van der Waals surface area contributed by atoms with Crippen LogP contribution in [0.2, 0.25) is 0 Å². The Morgan fingerprint density at radius 2 is 1.92 bits per heavy atom. The topological polar surface area (TPSA) is 58.6 Å². The summed E-state index contributed by atoms with van der Waals surface area (Å²) in [5.74, 6) is 0.560. The molecule has 1 aliphatic heterocycles. The van der Waals surface area contributed by atoms with Crippen LogP contribution in [0.3, 0.4) is 0 Å². The summed E-state index contributed by atoms with van der Waals surface area (Å²) in [6, 6.07) is 15.0. The van der Waals surface area contributed by atoms with Gasteiger partial charge < -0.3 is 15.0 Å². The Bertz CT molecular complexity index is 787. The van der Waals surface area contributed by atoms with Crippen LogP contribution in [0.15, 0.2) is 48.5 Å². The van der Waals surface area contributed by atoms with E-state index >= 15 is 0 Å². The predicted molar refractivity (Wildman–Crippen MR) is 103 cm³/mol. The average molecular weight is 352 g/mol. The van der Waals surface area contributed by atoms with Crippen molar-refractivity contribution in [1.82, 2.24) is 0 Å². The Labute approximate surface area is 154 Å². The van der Waals surface area contributed by atoms with Gasteiger partial charge in [0.1, 0.15) is 5.75 Å². The molecule has 2 amide bonds. The fraction of sp³-hybridized carbons (Fsp3) is 0.333. The molecule has 0 saturated heterocycles. The summed E-state index contributed by atoms with van der Waals surface area (Å²) in [4.78, 5) is 26.4. The molecule has 2 aromatic rings. The molecular formula is C21H24N2O3. The van der Waals surface area contributed by atoms with E-state index in [4.69, 9.17) is 4.74 Å². The number of rotatable bonds is 5. The maximum absolute atomic E-state index is 12.4. The van der Waals surface area contributed by atoms with E-state index in [1.807, 2.05) is 67.3 Å².